The minimum atomic E-state index is -0.0645. The van der Waals surface area contributed by atoms with Crippen LogP contribution >= 0.6 is 11.3 Å². The van der Waals surface area contributed by atoms with Gasteiger partial charge in [-0.05, 0) is 47.0 Å². The van der Waals surface area contributed by atoms with E-state index in [1.165, 1.54) is 27.7 Å². The van der Waals surface area contributed by atoms with E-state index in [9.17, 15) is 4.79 Å². The standard InChI is InChI=1S/C22H19N3O2S/c1-27-18-12-9-17(10-13-18)21-24-25-22(28-21)23-20(26)14-11-16-7-4-6-15-5-2-3-8-19(15)16/h2-10,12-13H,11,14H2,1H3,(H,23,25,26). The quantitative estimate of drug-likeness (QED) is 0.507. The lowest BCUT2D eigenvalue weighted by Crippen LogP contribution is -2.12. The Morgan fingerprint density at radius 1 is 1.00 bits per heavy atom. The van der Waals surface area contributed by atoms with Crippen LogP contribution in [0.1, 0.15) is 12.0 Å². The average Bonchev–Trinajstić information content (AvgIpc) is 3.20. The van der Waals surface area contributed by atoms with Crippen LogP contribution in [0.2, 0.25) is 0 Å². The molecular weight excluding hydrogens is 370 g/mol. The number of benzene rings is 3. The number of nitrogens with zero attached hydrogens (tertiary/aromatic N) is 2. The van der Waals surface area contributed by atoms with Crippen LogP contribution in [-0.2, 0) is 11.2 Å². The second-order valence-electron chi connectivity index (χ2n) is 6.33. The van der Waals surface area contributed by atoms with Gasteiger partial charge in [-0.25, -0.2) is 0 Å². The van der Waals surface area contributed by atoms with Gasteiger partial charge in [-0.3, -0.25) is 4.79 Å². The van der Waals surface area contributed by atoms with Gasteiger partial charge in [-0.15, -0.1) is 10.2 Å². The number of anilines is 1. The van der Waals surface area contributed by atoms with Crippen molar-refractivity contribution in [2.45, 2.75) is 12.8 Å². The van der Waals surface area contributed by atoms with E-state index >= 15 is 0 Å². The minimum absolute atomic E-state index is 0.0645. The molecule has 140 valence electrons. The zero-order chi connectivity index (χ0) is 19.3. The number of aryl methyl sites for hydroxylation is 1. The van der Waals surface area contributed by atoms with E-state index in [0.717, 1.165) is 16.3 Å². The molecular formula is C22H19N3O2S. The lowest BCUT2D eigenvalue weighted by atomic mass is 10.0. The normalized spacial score (nSPS) is 10.8. The Morgan fingerprint density at radius 2 is 1.79 bits per heavy atom. The van der Waals surface area contributed by atoms with E-state index in [2.05, 4.69) is 39.8 Å². The smallest absolute Gasteiger partial charge is 0.226 e. The van der Waals surface area contributed by atoms with Gasteiger partial charge in [-0.2, -0.15) is 0 Å². The number of hydrogen-bond acceptors (Lipinski definition) is 5. The van der Waals surface area contributed by atoms with Gasteiger partial charge in [0, 0.05) is 12.0 Å². The van der Waals surface area contributed by atoms with Gasteiger partial charge in [0.2, 0.25) is 11.0 Å². The molecule has 0 radical (unpaired) electrons. The van der Waals surface area contributed by atoms with Crippen LogP contribution in [-0.4, -0.2) is 23.2 Å². The van der Waals surface area contributed by atoms with Crippen molar-refractivity contribution in [3.8, 4) is 16.3 Å². The molecule has 28 heavy (non-hydrogen) atoms. The van der Waals surface area contributed by atoms with Gasteiger partial charge in [0.15, 0.2) is 0 Å². The van der Waals surface area contributed by atoms with E-state index in [1.807, 2.05) is 42.5 Å². The molecule has 0 aliphatic heterocycles. The van der Waals surface area contributed by atoms with Gasteiger partial charge < -0.3 is 10.1 Å². The van der Waals surface area contributed by atoms with Gasteiger partial charge in [0.25, 0.3) is 0 Å². The first-order chi connectivity index (χ1) is 13.7. The van der Waals surface area contributed by atoms with Gasteiger partial charge >= 0.3 is 0 Å². The van der Waals surface area contributed by atoms with E-state index in [0.29, 0.717) is 18.0 Å². The first kappa shape index (κ1) is 18.1. The predicted molar refractivity (Wildman–Crippen MR) is 113 cm³/mol. The summed E-state index contributed by atoms with van der Waals surface area (Å²) in [7, 11) is 1.63. The summed E-state index contributed by atoms with van der Waals surface area (Å²) in [5.41, 5.74) is 2.11. The number of carbonyl (C=O) groups is 1. The highest BCUT2D eigenvalue weighted by Crippen LogP contribution is 2.28. The number of aromatic nitrogens is 2. The van der Waals surface area contributed by atoms with Crippen LogP contribution < -0.4 is 10.1 Å². The Kier molecular flexibility index (Phi) is 5.30. The van der Waals surface area contributed by atoms with Crippen molar-refractivity contribution in [2.75, 3.05) is 12.4 Å². The Bertz CT molecular complexity index is 1100. The molecule has 0 unspecified atom stereocenters. The molecule has 3 aromatic carbocycles. The van der Waals surface area contributed by atoms with Crippen molar-refractivity contribution >= 4 is 33.1 Å². The molecule has 0 aliphatic rings. The van der Waals surface area contributed by atoms with Crippen LogP contribution in [0.4, 0.5) is 5.13 Å². The molecule has 0 atom stereocenters. The summed E-state index contributed by atoms with van der Waals surface area (Å²) in [6.07, 6.45) is 1.07. The topological polar surface area (TPSA) is 64.1 Å². The largest absolute Gasteiger partial charge is 0.497 e. The molecule has 1 aromatic heterocycles. The third kappa shape index (κ3) is 4.02. The molecule has 4 rings (SSSR count). The van der Waals surface area contributed by atoms with E-state index in [4.69, 9.17) is 4.74 Å². The third-order valence-corrected chi connectivity index (χ3v) is 5.40. The molecule has 6 heteroatoms. The number of ether oxygens (including phenoxy) is 1. The van der Waals surface area contributed by atoms with E-state index in [-0.39, 0.29) is 5.91 Å². The van der Waals surface area contributed by atoms with E-state index in [1.54, 1.807) is 7.11 Å². The highest BCUT2D eigenvalue weighted by Gasteiger charge is 2.11. The van der Waals surface area contributed by atoms with Crippen LogP contribution in [0.15, 0.2) is 66.7 Å². The van der Waals surface area contributed by atoms with Crippen molar-refractivity contribution in [2.24, 2.45) is 0 Å². The number of hydrogen-bond donors (Lipinski definition) is 1. The fraction of sp³-hybridized carbons (Fsp3) is 0.136. The Morgan fingerprint density at radius 3 is 2.61 bits per heavy atom. The van der Waals surface area contributed by atoms with Crippen LogP contribution in [0, 0.1) is 0 Å². The average molecular weight is 389 g/mol. The SMILES string of the molecule is COc1ccc(-c2nnc(NC(=O)CCc3cccc4ccccc34)s2)cc1. The number of amides is 1. The Labute approximate surface area is 167 Å². The maximum Gasteiger partial charge on any atom is 0.226 e. The number of methoxy groups -OCH3 is 1. The Balaban J connectivity index is 1.39. The van der Waals surface area contributed by atoms with Gasteiger partial charge in [-0.1, -0.05) is 53.8 Å². The van der Waals surface area contributed by atoms with Gasteiger partial charge in [0.05, 0.1) is 7.11 Å². The van der Waals surface area contributed by atoms with Crippen molar-refractivity contribution in [3.63, 3.8) is 0 Å². The molecule has 1 N–H and O–H groups in total. The molecule has 0 fully saturated rings. The zero-order valence-electron chi connectivity index (χ0n) is 15.4. The Hall–Kier alpha value is -3.25. The highest BCUT2D eigenvalue weighted by molar-refractivity contribution is 7.18. The van der Waals surface area contributed by atoms with Crippen LogP contribution in [0.3, 0.4) is 0 Å². The summed E-state index contributed by atoms with van der Waals surface area (Å²) < 4.78 is 5.16. The minimum Gasteiger partial charge on any atom is -0.497 e. The van der Waals surface area contributed by atoms with Gasteiger partial charge in [0.1, 0.15) is 10.8 Å². The summed E-state index contributed by atoms with van der Waals surface area (Å²) in [5.74, 6) is 0.723. The van der Waals surface area contributed by atoms with Crippen molar-refractivity contribution in [1.29, 1.82) is 0 Å². The van der Waals surface area contributed by atoms with Crippen molar-refractivity contribution in [3.05, 3.63) is 72.3 Å². The number of carbonyl (C=O) groups excluding carboxylic acids is 1. The number of rotatable bonds is 6. The molecule has 0 aliphatic carbocycles. The highest BCUT2D eigenvalue weighted by atomic mass is 32.1. The second-order valence-corrected chi connectivity index (χ2v) is 7.30. The molecule has 0 spiro atoms. The van der Waals surface area contributed by atoms with Crippen LogP contribution in [0.5, 0.6) is 5.75 Å². The summed E-state index contributed by atoms with van der Waals surface area (Å²) in [6, 6.07) is 22.0. The lowest BCUT2D eigenvalue weighted by molar-refractivity contribution is -0.116. The fourth-order valence-electron chi connectivity index (χ4n) is 3.06. The molecule has 0 bridgehead atoms. The molecule has 1 heterocycles. The predicted octanol–water partition coefficient (Wildman–Crippen LogP) is 4.94. The maximum atomic E-state index is 12.4. The number of fused-ring (bicyclic) bond motifs is 1. The molecule has 1 amide bonds. The summed E-state index contributed by atoms with van der Waals surface area (Å²) in [5, 5.41) is 14.8. The fourth-order valence-corrected chi connectivity index (χ4v) is 3.83. The first-order valence-corrected chi connectivity index (χ1v) is 9.79. The second kappa shape index (κ2) is 8.19. The maximum absolute atomic E-state index is 12.4. The lowest BCUT2D eigenvalue weighted by Gasteiger charge is -2.06. The van der Waals surface area contributed by atoms with Crippen molar-refractivity contribution < 1.29 is 9.53 Å². The third-order valence-electron chi connectivity index (χ3n) is 4.51. The number of nitrogens with one attached hydrogen (secondary N) is 1. The molecule has 0 saturated carbocycles. The summed E-state index contributed by atoms with van der Waals surface area (Å²) in [4.78, 5) is 12.4. The van der Waals surface area contributed by atoms with Crippen LogP contribution in [0.25, 0.3) is 21.3 Å². The summed E-state index contributed by atoms with van der Waals surface area (Å²) in [6.45, 7) is 0. The first-order valence-electron chi connectivity index (χ1n) is 8.97. The molecule has 0 saturated heterocycles. The summed E-state index contributed by atoms with van der Waals surface area (Å²) >= 11 is 1.36. The van der Waals surface area contributed by atoms with E-state index < -0.39 is 0 Å². The molecule has 4 aromatic rings. The molecule has 5 nitrogen and oxygen atoms in total. The monoisotopic (exact) mass is 389 g/mol. The van der Waals surface area contributed by atoms with Crippen molar-refractivity contribution in [1.82, 2.24) is 10.2 Å². The zero-order valence-corrected chi connectivity index (χ0v) is 16.2.